The molecule has 0 aliphatic carbocycles. The van der Waals surface area contributed by atoms with E-state index in [1.807, 2.05) is 25.1 Å². The summed E-state index contributed by atoms with van der Waals surface area (Å²) in [6.07, 6.45) is 3.67. The molecule has 0 bridgehead atoms. The molecule has 18 heavy (non-hydrogen) atoms. The van der Waals surface area contributed by atoms with Gasteiger partial charge in [-0.2, -0.15) is 0 Å². The first kappa shape index (κ1) is 13.0. The topological polar surface area (TPSA) is 51.2 Å². The van der Waals surface area contributed by atoms with Gasteiger partial charge >= 0.3 is 0 Å². The molecule has 1 aliphatic rings. The van der Waals surface area contributed by atoms with Gasteiger partial charge in [0.25, 0.3) is 0 Å². The predicted octanol–water partition coefficient (Wildman–Crippen LogP) is 2.54. The van der Waals surface area contributed by atoms with Crippen molar-refractivity contribution in [2.45, 2.75) is 32.6 Å². The number of carbonyl (C=O) groups is 1. The molecule has 1 N–H and O–H groups in total. The van der Waals surface area contributed by atoms with Crippen LogP contribution in [0, 0.1) is 12.8 Å². The third kappa shape index (κ3) is 4.11. The summed E-state index contributed by atoms with van der Waals surface area (Å²) >= 11 is 0. The van der Waals surface area contributed by atoms with Crippen molar-refractivity contribution < 1.29 is 9.53 Å². The lowest BCUT2D eigenvalue weighted by Crippen LogP contribution is -2.19. The summed E-state index contributed by atoms with van der Waals surface area (Å²) < 4.78 is 5.30. The molecule has 4 nitrogen and oxygen atoms in total. The van der Waals surface area contributed by atoms with Gasteiger partial charge in [-0.05, 0) is 44.2 Å². The van der Waals surface area contributed by atoms with E-state index in [2.05, 4.69) is 10.3 Å². The average Bonchev–Trinajstić information content (AvgIpc) is 2.38. The Labute approximate surface area is 108 Å². The standard InChI is InChI=1S/C14H20N2O2/c1-11-3-2-4-13(15-11)16-14(17)6-5-12-7-9-18-10-8-12/h2-4,12H,5-10H2,1H3,(H,15,16,17). The molecule has 1 aliphatic heterocycles. The van der Waals surface area contributed by atoms with Gasteiger partial charge in [0.2, 0.25) is 5.91 Å². The van der Waals surface area contributed by atoms with E-state index in [-0.39, 0.29) is 5.91 Å². The van der Waals surface area contributed by atoms with Gasteiger partial charge in [-0.1, -0.05) is 6.07 Å². The Hall–Kier alpha value is -1.42. The predicted molar refractivity (Wildman–Crippen MR) is 70.4 cm³/mol. The minimum absolute atomic E-state index is 0.0552. The molecule has 0 saturated carbocycles. The summed E-state index contributed by atoms with van der Waals surface area (Å²) in [6.45, 7) is 3.59. The molecule has 4 heteroatoms. The zero-order valence-electron chi connectivity index (χ0n) is 10.8. The minimum atomic E-state index is 0.0552. The fourth-order valence-electron chi connectivity index (χ4n) is 2.19. The molecule has 1 aromatic rings. The molecule has 1 amide bonds. The minimum Gasteiger partial charge on any atom is -0.381 e. The summed E-state index contributed by atoms with van der Waals surface area (Å²) in [5, 5.41) is 2.84. The summed E-state index contributed by atoms with van der Waals surface area (Å²) in [6, 6.07) is 5.63. The largest absolute Gasteiger partial charge is 0.381 e. The number of carbonyl (C=O) groups excluding carboxylic acids is 1. The molecule has 0 atom stereocenters. The number of aryl methyl sites for hydroxylation is 1. The summed E-state index contributed by atoms with van der Waals surface area (Å²) in [7, 11) is 0. The summed E-state index contributed by atoms with van der Waals surface area (Å²) in [4.78, 5) is 16.0. The maximum atomic E-state index is 11.8. The first-order valence-corrected chi connectivity index (χ1v) is 6.55. The normalized spacial score (nSPS) is 16.5. The second-order valence-corrected chi connectivity index (χ2v) is 4.81. The van der Waals surface area contributed by atoms with Gasteiger partial charge in [0.05, 0.1) is 0 Å². The van der Waals surface area contributed by atoms with Crippen molar-refractivity contribution in [3.8, 4) is 0 Å². The monoisotopic (exact) mass is 248 g/mol. The molecule has 0 aromatic carbocycles. The molecule has 2 heterocycles. The molecule has 1 fully saturated rings. The van der Waals surface area contributed by atoms with Crippen LogP contribution in [0.4, 0.5) is 5.82 Å². The van der Waals surface area contributed by atoms with Crippen LogP contribution in [0.2, 0.25) is 0 Å². The van der Waals surface area contributed by atoms with E-state index < -0.39 is 0 Å². The van der Waals surface area contributed by atoms with Crippen molar-refractivity contribution in [1.29, 1.82) is 0 Å². The number of rotatable bonds is 4. The number of hydrogen-bond donors (Lipinski definition) is 1. The smallest absolute Gasteiger partial charge is 0.225 e. The number of aromatic nitrogens is 1. The Morgan fingerprint density at radius 3 is 2.94 bits per heavy atom. The third-order valence-corrected chi connectivity index (χ3v) is 3.28. The van der Waals surface area contributed by atoms with Crippen LogP contribution in [0.25, 0.3) is 0 Å². The molecular formula is C14H20N2O2. The Morgan fingerprint density at radius 1 is 1.44 bits per heavy atom. The number of nitrogens with zero attached hydrogens (tertiary/aromatic N) is 1. The third-order valence-electron chi connectivity index (χ3n) is 3.28. The fraction of sp³-hybridized carbons (Fsp3) is 0.571. The lowest BCUT2D eigenvalue weighted by molar-refractivity contribution is -0.116. The van der Waals surface area contributed by atoms with Crippen molar-refractivity contribution in [2.75, 3.05) is 18.5 Å². The van der Waals surface area contributed by atoms with Crippen molar-refractivity contribution >= 4 is 11.7 Å². The van der Waals surface area contributed by atoms with Crippen LogP contribution in [-0.4, -0.2) is 24.1 Å². The van der Waals surface area contributed by atoms with Crippen LogP contribution in [0.15, 0.2) is 18.2 Å². The van der Waals surface area contributed by atoms with E-state index in [9.17, 15) is 4.79 Å². The van der Waals surface area contributed by atoms with Crippen molar-refractivity contribution in [1.82, 2.24) is 4.98 Å². The number of pyridine rings is 1. The van der Waals surface area contributed by atoms with E-state index >= 15 is 0 Å². The van der Waals surface area contributed by atoms with Crippen molar-refractivity contribution in [3.05, 3.63) is 23.9 Å². The van der Waals surface area contributed by atoms with Crippen LogP contribution < -0.4 is 5.32 Å². The Bertz CT molecular complexity index is 401. The second-order valence-electron chi connectivity index (χ2n) is 4.81. The van der Waals surface area contributed by atoms with Gasteiger partial charge in [-0.25, -0.2) is 4.98 Å². The zero-order valence-corrected chi connectivity index (χ0v) is 10.8. The lowest BCUT2D eigenvalue weighted by Gasteiger charge is -2.21. The average molecular weight is 248 g/mol. The molecule has 0 unspecified atom stereocenters. The Morgan fingerprint density at radius 2 is 2.22 bits per heavy atom. The zero-order chi connectivity index (χ0) is 12.8. The Kier molecular flexibility index (Phi) is 4.70. The van der Waals surface area contributed by atoms with Gasteiger partial charge in [-0.15, -0.1) is 0 Å². The summed E-state index contributed by atoms with van der Waals surface area (Å²) in [5.41, 5.74) is 0.914. The first-order chi connectivity index (χ1) is 8.74. The van der Waals surface area contributed by atoms with Crippen LogP contribution in [0.1, 0.15) is 31.4 Å². The van der Waals surface area contributed by atoms with Gasteiger partial charge in [0.15, 0.2) is 0 Å². The van der Waals surface area contributed by atoms with Crippen LogP contribution in [0.5, 0.6) is 0 Å². The molecule has 98 valence electrons. The van der Waals surface area contributed by atoms with Crippen LogP contribution >= 0.6 is 0 Å². The van der Waals surface area contributed by atoms with E-state index in [1.54, 1.807) is 0 Å². The van der Waals surface area contributed by atoms with Crippen LogP contribution in [0.3, 0.4) is 0 Å². The number of anilines is 1. The van der Waals surface area contributed by atoms with Crippen molar-refractivity contribution in [3.63, 3.8) is 0 Å². The van der Waals surface area contributed by atoms with Gasteiger partial charge in [0.1, 0.15) is 5.82 Å². The fourth-order valence-corrected chi connectivity index (χ4v) is 2.19. The number of nitrogens with one attached hydrogen (secondary N) is 1. The maximum absolute atomic E-state index is 11.8. The highest BCUT2D eigenvalue weighted by Crippen LogP contribution is 2.20. The van der Waals surface area contributed by atoms with Gasteiger partial charge in [0, 0.05) is 25.3 Å². The van der Waals surface area contributed by atoms with E-state index in [4.69, 9.17) is 4.74 Å². The molecule has 1 saturated heterocycles. The highest BCUT2D eigenvalue weighted by Gasteiger charge is 2.15. The highest BCUT2D eigenvalue weighted by atomic mass is 16.5. The quantitative estimate of drug-likeness (QED) is 0.890. The molecule has 0 radical (unpaired) electrons. The van der Waals surface area contributed by atoms with Crippen molar-refractivity contribution in [2.24, 2.45) is 5.92 Å². The Balaban J connectivity index is 1.74. The highest BCUT2D eigenvalue weighted by molar-refractivity contribution is 5.89. The van der Waals surface area contributed by atoms with Crippen LogP contribution in [-0.2, 0) is 9.53 Å². The maximum Gasteiger partial charge on any atom is 0.225 e. The number of ether oxygens (including phenoxy) is 1. The van der Waals surface area contributed by atoms with E-state index in [0.717, 1.165) is 38.2 Å². The summed E-state index contributed by atoms with van der Waals surface area (Å²) in [5.74, 6) is 1.33. The van der Waals surface area contributed by atoms with E-state index in [0.29, 0.717) is 18.2 Å². The lowest BCUT2D eigenvalue weighted by atomic mass is 9.95. The number of hydrogen-bond acceptors (Lipinski definition) is 3. The SMILES string of the molecule is Cc1cccc(NC(=O)CCC2CCOCC2)n1. The molecule has 0 spiro atoms. The second kappa shape index (κ2) is 6.50. The molecule has 2 rings (SSSR count). The molecular weight excluding hydrogens is 228 g/mol. The van der Waals surface area contributed by atoms with Gasteiger partial charge in [-0.3, -0.25) is 4.79 Å². The van der Waals surface area contributed by atoms with Gasteiger partial charge < -0.3 is 10.1 Å². The van der Waals surface area contributed by atoms with E-state index in [1.165, 1.54) is 0 Å². The first-order valence-electron chi connectivity index (χ1n) is 6.55. The number of amides is 1. The molecule has 1 aromatic heterocycles.